The van der Waals surface area contributed by atoms with E-state index in [4.69, 9.17) is 4.98 Å². The number of anilines is 3. The summed E-state index contributed by atoms with van der Waals surface area (Å²) in [4.78, 5) is 11.7. The van der Waals surface area contributed by atoms with Gasteiger partial charge in [0.2, 0.25) is 16.0 Å². The smallest absolute Gasteiger partial charge is 0.243 e. The van der Waals surface area contributed by atoms with Crippen molar-refractivity contribution < 1.29 is 12.8 Å². The summed E-state index contributed by atoms with van der Waals surface area (Å²) >= 11 is 0. The van der Waals surface area contributed by atoms with Crippen LogP contribution in [0.2, 0.25) is 0 Å². The summed E-state index contributed by atoms with van der Waals surface area (Å²) in [5, 5.41) is 3.21. The van der Waals surface area contributed by atoms with E-state index in [1.165, 1.54) is 16.4 Å². The Labute approximate surface area is 188 Å². The van der Waals surface area contributed by atoms with Crippen LogP contribution in [0.15, 0.2) is 65.6 Å². The van der Waals surface area contributed by atoms with Crippen LogP contribution in [0.4, 0.5) is 21.8 Å². The maximum atomic E-state index is 13.2. The van der Waals surface area contributed by atoms with Crippen molar-refractivity contribution in [3.8, 4) is 0 Å². The van der Waals surface area contributed by atoms with Crippen molar-refractivity contribution in [2.45, 2.75) is 24.7 Å². The fraction of sp³-hybridized carbons (Fsp3) is 0.304. The Balaban J connectivity index is 1.52. The van der Waals surface area contributed by atoms with Gasteiger partial charge in [0.15, 0.2) is 0 Å². The molecule has 0 saturated carbocycles. The molecule has 1 saturated heterocycles. The number of hydrogen-bond acceptors (Lipinski definition) is 6. The Morgan fingerprint density at radius 2 is 1.59 bits per heavy atom. The number of rotatable bonds is 6. The van der Waals surface area contributed by atoms with E-state index in [1.807, 2.05) is 11.0 Å². The van der Waals surface area contributed by atoms with Crippen LogP contribution in [0.25, 0.3) is 0 Å². The van der Waals surface area contributed by atoms with Gasteiger partial charge in [0, 0.05) is 37.9 Å². The zero-order valence-electron chi connectivity index (χ0n) is 18.1. The number of hydrogen-bond donors (Lipinski definition) is 1. The Morgan fingerprint density at radius 3 is 2.22 bits per heavy atom. The molecule has 4 rings (SSSR count). The summed E-state index contributed by atoms with van der Waals surface area (Å²) in [5.41, 5.74) is 1.60. The molecule has 168 valence electrons. The highest BCUT2D eigenvalue weighted by Crippen LogP contribution is 2.24. The van der Waals surface area contributed by atoms with Crippen LogP contribution in [-0.2, 0) is 10.0 Å². The van der Waals surface area contributed by atoms with E-state index >= 15 is 0 Å². The number of aromatic nitrogens is 2. The first-order valence-electron chi connectivity index (χ1n) is 10.5. The Bertz CT molecular complexity index is 1160. The average molecular weight is 456 g/mol. The van der Waals surface area contributed by atoms with Gasteiger partial charge in [0.1, 0.15) is 11.6 Å². The monoisotopic (exact) mass is 455 g/mol. The first-order chi connectivity index (χ1) is 15.3. The summed E-state index contributed by atoms with van der Waals surface area (Å²) in [7, 11) is -3.52. The zero-order valence-corrected chi connectivity index (χ0v) is 18.9. The van der Waals surface area contributed by atoms with Crippen molar-refractivity contribution in [3.63, 3.8) is 0 Å². The molecule has 0 radical (unpaired) electrons. The molecule has 0 bridgehead atoms. The van der Waals surface area contributed by atoms with Crippen LogP contribution in [-0.4, -0.2) is 48.9 Å². The van der Waals surface area contributed by atoms with Gasteiger partial charge in [-0.15, -0.1) is 0 Å². The van der Waals surface area contributed by atoms with Crippen LogP contribution >= 0.6 is 0 Å². The molecular formula is C23H26FN5O2S. The molecule has 3 aromatic rings. The zero-order chi connectivity index (χ0) is 22.7. The molecule has 1 aliphatic rings. The highest BCUT2D eigenvalue weighted by atomic mass is 32.2. The summed E-state index contributed by atoms with van der Waals surface area (Å²) in [6.45, 7) is 5.80. The molecule has 1 aromatic heterocycles. The van der Waals surface area contributed by atoms with E-state index in [-0.39, 0.29) is 11.7 Å². The molecule has 1 N–H and O–H groups in total. The van der Waals surface area contributed by atoms with E-state index in [0.717, 1.165) is 11.4 Å². The second-order valence-electron chi connectivity index (χ2n) is 7.97. The largest absolute Gasteiger partial charge is 0.340 e. The lowest BCUT2D eigenvalue weighted by atomic mass is 10.1. The number of sulfonamides is 1. The molecule has 0 amide bonds. The molecule has 2 aromatic carbocycles. The second-order valence-corrected chi connectivity index (χ2v) is 9.91. The third-order valence-corrected chi connectivity index (χ3v) is 7.26. The lowest BCUT2D eigenvalue weighted by Crippen LogP contribution is -2.49. The SMILES string of the molecule is CC(C)c1cc(Nc2ccc(F)cc2)nc(N2CCN(S(=O)(=O)c3ccccc3)CC2)n1. The van der Waals surface area contributed by atoms with Gasteiger partial charge in [0.25, 0.3) is 0 Å². The van der Waals surface area contributed by atoms with Crippen LogP contribution in [0.3, 0.4) is 0 Å². The number of halogens is 1. The normalized spacial score (nSPS) is 15.2. The predicted octanol–water partition coefficient (Wildman–Crippen LogP) is 3.99. The van der Waals surface area contributed by atoms with Gasteiger partial charge in [0.05, 0.1) is 10.6 Å². The van der Waals surface area contributed by atoms with Crippen LogP contribution in [0.5, 0.6) is 0 Å². The van der Waals surface area contributed by atoms with E-state index in [2.05, 4.69) is 24.1 Å². The molecule has 1 aliphatic heterocycles. The summed E-state index contributed by atoms with van der Waals surface area (Å²) in [6, 6.07) is 16.4. The Morgan fingerprint density at radius 1 is 0.938 bits per heavy atom. The highest BCUT2D eigenvalue weighted by Gasteiger charge is 2.29. The van der Waals surface area contributed by atoms with Gasteiger partial charge in [-0.25, -0.2) is 17.8 Å². The van der Waals surface area contributed by atoms with Gasteiger partial charge in [-0.3, -0.25) is 0 Å². The number of piperazine rings is 1. The third-order valence-electron chi connectivity index (χ3n) is 5.34. The maximum Gasteiger partial charge on any atom is 0.243 e. The van der Waals surface area contributed by atoms with Crippen molar-refractivity contribution in [2.24, 2.45) is 0 Å². The molecule has 7 nitrogen and oxygen atoms in total. The topological polar surface area (TPSA) is 78.4 Å². The van der Waals surface area contributed by atoms with Crippen LogP contribution in [0.1, 0.15) is 25.5 Å². The van der Waals surface area contributed by atoms with Crippen molar-refractivity contribution in [1.82, 2.24) is 14.3 Å². The molecule has 9 heteroatoms. The fourth-order valence-electron chi connectivity index (χ4n) is 3.51. The summed E-state index contributed by atoms with van der Waals surface area (Å²) in [5.74, 6) is 1.05. The van der Waals surface area contributed by atoms with Gasteiger partial charge < -0.3 is 10.2 Å². The Hall–Kier alpha value is -3.04. The maximum absolute atomic E-state index is 13.2. The minimum atomic E-state index is -3.52. The van der Waals surface area contributed by atoms with E-state index < -0.39 is 10.0 Å². The first-order valence-corrected chi connectivity index (χ1v) is 12.0. The molecule has 1 fully saturated rings. The van der Waals surface area contributed by atoms with E-state index in [0.29, 0.717) is 42.8 Å². The van der Waals surface area contributed by atoms with Crippen LogP contribution < -0.4 is 10.2 Å². The standard InChI is InChI=1S/C23H26FN5O2S/c1-17(2)21-16-22(25-19-10-8-18(24)9-11-19)27-23(26-21)28-12-14-29(15-13-28)32(30,31)20-6-4-3-5-7-20/h3-11,16-17H,12-15H2,1-2H3,(H,25,26,27). The minimum absolute atomic E-state index is 0.185. The predicted molar refractivity (Wildman–Crippen MR) is 123 cm³/mol. The third kappa shape index (κ3) is 4.89. The first kappa shape index (κ1) is 22.2. The molecule has 0 unspecified atom stereocenters. The summed E-state index contributed by atoms with van der Waals surface area (Å²) in [6.07, 6.45) is 0. The van der Waals surface area contributed by atoms with Gasteiger partial charge in [-0.1, -0.05) is 32.0 Å². The average Bonchev–Trinajstić information content (AvgIpc) is 2.81. The molecule has 0 spiro atoms. The van der Waals surface area contributed by atoms with Gasteiger partial charge in [-0.2, -0.15) is 9.29 Å². The van der Waals surface area contributed by atoms with Crippen molar-refractivity contribution in [1.29, 1.82) is 0 Å². The molecule has 0 aliphatic carbocycles. The highest BCUT2D eigenvalue weighted by molar-refractivity contribution is 7.89. The van der Waals surface area contributed by atoms with Gasteiger partial charge >= 0.3 is 0 Å². The van der Waals surface area contributed by atoms with Crippen molar-refractivity contribution >= 4 is 27.5 Å². The minimum Gasteiger partial charge on any atom is -0.340 e. The molecule has 2 heterocycles. The van der Waals surface area contributed by atoms with Gasteiger partial charge in [-0.05, 0) is 42.3 Å². The summed E-state index contributed by atoms with van der Waals surface area (Å²) < 4.78 is 40.5. The fourth-order valence-corrected chi connectivity index (χ4v) is 4.95. The number of nitrogens with zero attached hydrogens (tertiary/aromatic N) is 4. The lowest BCUT2D eigenvalue weighted by molar-refractivity contribution is 0.382. The van der Waals surface area contributed by atoms with E-state index in [9.17, 15) is 12.8 Å². The second kappa shape index (κ2) is 9.22. The molecule has 0 atom stereocenters. The number of benzene rings is 2. The Kier molecular flexibility index (Phi) is 6.38. The van der Waals surface area contributed by atoms with E-state index in [1.54, 1.807) is 42.5 Å². The van der Waals surface area contributed by atoms with Crippen molar-refractivity contribution in [3.05, 3.63) is 72.2 Å². The van der Waals surface area contributed by atoms with Crippen LogP contribution in [0, 0.1) is 5.82 Å². The number of nitrogens with one attached hydrogen (secondary N) is 1. The lowest BCUT2D eigenvalue weighted by Gasteiger charge is -2.34. The quantitative estimate of drug-likeness (QED) is 0.606. The molecule has 32 heavy (non-hydrogen) atoms. The molecular weight excluding hydrogens is 429 g/mol. The van der Waals surface area contributed by atoms with Crippen molar-refractivity contribution in [2.75, 3.05) is 36.4 Å².